The molecule has 1 aromatic heterocycles. The van der Waals surface area contributed by atoms with Crippen molar-refractivity contribution in [3.05, 3.63) is 48.0 Å². The standard InChI is InChI=1S/C18H22BN3O3/c1-12-10-20-11-21-15(12)16(23)22-14-8-6-13(7-9-14)19-24-17(2,3)18(4,5)25-19/h6-11H,1-5H3,(H,22,23). The number of aryl methyl sites for hydroxylation is 1. The highest BCUT2D eigenvalue weighted by Crippen LogP contribution is 2.36. The normalized spacial score (nSPS) is 18.2. The van der Waals surface area contributed by atoms with Crippen molar-refractivity contribution < 1.29 is 14.1 Å². The second-order valence-electron chi connectivity index (χ2n) is 7.22. The average molecular weight is 339 g/mol. The lowest BCUT2D eigenvalue weighted by Gasteiger charge is -2.32. The summed E-state index contributed by atoms with van der Waals surface area (Å²) in [7, 11) is -0.418. The Hall–Kier alpha value is -2.25. The lowest BCUT2D eigenvalue weighted by molar-refractivity contribution is 0.00578. The van der Waals surface area contributed by atoms with Gasteiger partial charge in [-0.05, 0) is 57.8 Å². The Morgan fingerprint density at radius 1 is 1.08 bits per heavy atom. The van der Waals surface area contributed by atoms with Gasteiger partial charge in [0.05, 0.1) is 11.2 Å². The third kappa shape index (κ3) is 3.43. The number of nitrogens with zero attached hydrogens (tertiary/aromatic N) is 2. The smallest absolute Gasteiger partial charge is 0.399 e. The van der Waals surface area contributed by atoms with Gasteiger partial charge in [0.1, 0.15) is 12.0 Å². The van der Waals surface area contributed by atoms with Crippen LogP contribution in [0, 0.1) is 6.92 Å². The van der Waals surface area contributed by atoms with Crippen LogP contribution < -0.4 is 10.8 Å². The fraction of sp³-hybridized carbons (Fsp3) is 0.389. The third-order valence-electron chi connectivity index (χ3n) is 4.80. The molecule has 0 radical (unpaired) electrons. The van der Waals surface area contributed by atoms with E-state index in [-0.39, 0.29) is 17.1 Å². The van der Waals surface area contributed by atoms with Crippen molar-refractivity contribution >= 4 is 24.2 Å². The molecule has 1 N–H and O–H groups in total. The van der Waals surface area contributed by atoms with Crippen molar-refractivity contribution in [1.29, 1.82) is 0 Å². The first-order chi connectivity index (χ1) is 11.7. The molecule has 1 aliphatic rings. The van der Waals surface area contributed by atoms with Crippen LogP contribution in [0.3, 0.4) is 0 Å². The minimum atomic E-state index is -0.418. The van der Waals surface area contributed by atoms with Crippen molar-refractivity contribution in [1.82, 2.24) is 9.97 Å². The Morgan fingerprint density at radius 3 is 2.24 bits per heavy atom. The largest absolute Gasteiger partial charge is 0.494 e. The highest BCUT2D eigenvalue weighted by atomic mass is 16.7. The van der Waals surface area contributed by atoms with Crippen LogP contribution in [0.1, 0.15) is 43.7 Å². The summed E-state index contributed by atoms with van der Waals surface area (Å²) in [6, 6.07) is 7.44. The summed E-state index contributed by atoms with van der Waals surface area (Å²) >= 11 is 0. The van der Waals surface area contributed by atoms with E-state index in [0.717, 1.165) is 11.0 Å². The van der Waals surface area contributed by atoms with E-state index in [1.807, 2.05) is 52.0 Å². The molecule has 7 heteroatoms. The first-order valence-electron chi connectivity index (χ1n) is 8.23. The summed E-state index contributed by atoms with van der Waals surface area (Å²) in [6.07, 6.45) is 2.98. The molecule has 0 atom stereocenters. The molecule has 1 aromatic carbocycles. The predicted octanol–water partition coefficient (Wildman–Crippen LogP) is 2.34. The van der Waals surface area contributed by atoms with Crippen molar-refractivity contribution in [3.8, 4) is 0 Å². The van der Waals surface area contributed by atoms with Gasteiger partial charge in [-0.2, -0.15) is 0 Å². The molecular formula is C18H22BN3O3. The zero-order chi connectivity index (χ0) is 18.2. The second-order valence-corrected chi connectivity index (χ2v) is 7.22. The number of benzene rings is 1. The number of anilines is 1. The molecule has 1 saturated heterocycles. The fourth-order valence-corrected chi connectivity index (χ4v) is 2.53. The van der Waals surface area contributed by atoms with E-state index in [1.54, 1.807) is 13.1 Å². The van der Waals surface area contributed by atoms with Crippen LogP contribution in [0.15, 0.2) is 36.8 Å². The van der Waals surface area contributed by atoms with Crippen LogP contribution in [0.25, 0.3) is 0 Å². The molecule has 2 heterocycles. The van der Waals surface area contributed by atoms with Gasteiger partial charge >= 0.3 is 7.12 Å². The number of aromatic nitrogens is 2. The Bertz CT molecular complexity index is 774. The molecule has 3 rings (SSSR count). The molecule has 0 aliphatic carbocycles. The first kappa shape index (κ1) is 17.6. The molecule has 1 fully saturated rings. The maximum Gasteiger partial charge on any atom is 0.494 e. The maximum atomic E-state index is 12.3. The van der Waals surface area contributed by atoms with Crippen molar-refractivity contribution in [2.45, 2.75) is 45.8 Å². The van der Waals surface area contributed by atoms with Gasteiger partial charge in [-0.15, -0.1) is 0 Å². The molecule has 0 bridgehead atoms. The van der Waals surface area contributed by atoms with Crippen LogP contribution >= 0.6 is 0 Å². The number of carbonyl (C=O) groups excluding carboxylic acids is 1. The number of hydrogen-bond donors (Lipinski definition) is 1. The fourth-order valence-electron chi connectivity index (χ4n) is 2.53. The minimum absolute atomic E-state index is 0.261. The highest BCUT2D eigenvalue weighted by Gasteiger charge is 2.51. The third-order valence-corrected chi connectivity index (χ3v) is 4.80. The summed E-state index contributed by atoms with van der Waals surface area (Å²) in [5.74, 6) is -0.261. The van der Waals surface area contributed by atoms with Gasteiger partial charge in [0.2, 0.25) is 0 Å². The van der Waals surface area contributed by atoms with E-state index in [2.05, 4.69) is 15.3 Å². The Labute approximate surface area is 148 Å². The zero-order valence-electron chi connectivity index (χ0n) is 15.2. The molecule has 25 heavy (non-hydrogen) atoms. The first-order valence-corrected chi connectivity index (χ1v) is 8.23. The van der Waals surface area contributed by atoms with Gasteiger partial charge < -0.3 is 14.6 Å². The van der Waals surface area contributed by atoms with Gasteiger partial charge in [-0.1, -0.05) is 12.1 Å². The quantitative estimate of drug-likeness (QED) is 0.869. The molecule has 1 amide bonds. The van der Waals surface area contributed by atoms with Gasteiger partial charge in [0.15, 0.2) is 0 Å². The van der Waals surface area contributed by atoms with Crippen molar-refractivity contribution in [3.63, 3.8) is 0 Å². The second kappa shape index (κ2) is 6.24. The van der Waals surface area contributed by atoms with Crippen LogP contribution in [-0.4, -0.2) is 34.2 Å². The number of rotatable bonds is 3. The molecule has 0 unspecified atom stereocenters. The van der Waals surface area contributed by atoms with E-state index in [0.29, 0.717) is 11.4 Å². The molecule has 2 aromatic rings. The Balaban J connectivity index is 1.71. The lowest BCUT2D eigenvalue weighted by atomic mass is 9.79. The van der Waals surface area contributed by atoms with Crippen LogP contribution in [0.4, 0.5) is 5.69 Å². The maximum absolute atomic E-state index is 12.3. The van der Waals surface area contributed by atoms with Crippen LogP contribution in [-0.2, 0) is 9.31 Å². The minimum Gasteiger partial charge on any atom is -0.399 e. The number of nitrogens with one attached hydrogen (secondary N) is 1. The molecule has 6 nitrogen and oxygen atoms in total. The summed E-state index contributed by atoms with van der Waals surface area (Å²) < 4.78 is 12.1. The van der Waals surface area contributed by atoms with Gasteiger partial charge in [-0.3, -0.25) is 4.79 Å². The topological polar surface area (TPSA) is 73.3 Å². The van der Waals surface area contributed by atoms with E-state index in [9.17, 15) is 4.79 Å². The monoisotopic (exact) mass is 339 g/mol. The molecule has 130 valence electrons. The predicted molar refractivity (Wildman–Crippen MR) is 96.9 cm³/mol. The number of carbonyl (C=O) groups is 1. The SMILES string of the molecule is Cc1cncnc1C(=O)Nc1ccc(B2OC(C)(C)C(C)(C)O2)cc1. The number of hydrogen-bond acceptors (Lipinski definition) is 5. The zero-order valence-corrected chi connectivity index (χ0v) is 15.2. The summed E-state index contributed by atoms with van der Waals surface area (Å²) in [4.78, 5) is 20.2. The number of amides is 1. The van der Waals surface area contributed by atoms with Gasteiger partial charge in [0.25, 0.3) is 5.91 Å². The Morgan fingerprint density at radius 2 is 1.68 bits per heavy atom. The van der Waals surface area contributed by atoms with Crippen molar-refractivity contribution in [2.75, 3.05) is 5.32 Å². The highest BCUT2D eigenvalue weighted by molar-refractivity contribution is 6.62. The summed E-state index contributed by atoms with van der Waals surface area (Å²) in [5.41, 5.74) is 1.93. The van der Waals surface area contributed by atoms with Crippen molar-refractivity contribution in [2.24, 2.45) is 0 Å². The van der Waals surface area contributed by atoms with E-state index in [4.69, 9.17) is 9.31 Å². The van der Waals surface area contributed by atoms with E-state index >= 15 is 0 Å². The summed E-state index contributed by atoms with van der Waals surface area (Å²) in [6.45, 7) is 9.88. The van der Waals surface area contributed by atoms with Gasteiger partial charge in [-0.25, -0.2) is 9.97 Å². The van der Waals surface area contributed by atoms with E-state index in [1.165, 1.54) is 6.33 Å². The lowest BCUT2D eigenvalue weighted by Crippen LogP contribution is -2.41. The molecule has 0 saturated carbocycles. The van der Waals surface area contributed by atoms with E-state index < -0.39 is 7.12 Å². The average Bonchev–Trinajstić information content (AvgIpc) is 2.76. The Kier molecular flexibility index (Phi) is 4.39. The molecular weight excluding hydrogens is 317 g/mol. The summed E-state index contributed by atoms with van der Waals surface area (Å²) in [5, 5.41) is 2.84. The van der Waals surface area contributed by atoms with Gasteiger partial charge in [0, 0.05) is 11.9 Å². The molecule has 0 spiro atoms. The van der Waals surface area contributed by atoms with Crippen LogP contribution in [0.2, 0.25) is 0 Å². The van der Waals surface area contributed by atoms with Crippen LogP contribution in [0.5, 0.6) is 0 Å². The molecule has 1 aliphatic heterocycles.